The molecule has 0 bridgehead atoms. The monoisotopic (exact) mass is 427 g/mol. The first-order chi connectivity index (χ1) is 15.1. The van der Waals surface area contributed by atoms with E-state index < -0.39 is 12.0 Å². The van der Waals surface area contributed by atoms with E-state index in [9.17, 15) is 14.7 Å². The van der Waals surface area contributed by atoms with Crippen LogP contribution in [0.2, 0.25) is 0 Å². The van der Waals surface area contributed by atoms with Crippen LogP contribution < -0.4 is 5.56 Å². The summed E-state index contributed by atoms with van der Waals surface area (Å²) in [4.78, 5) is 24.7. The third-order valence-corrected chi connectivity index (χ3v) is 7.06. The van der Waals surface area contributed by atoms with Crippen LogP contribution in [0.15, 0.2) is 88.7 Å². The summed E-state index contributed by atoms with van der Waals surface area (Å²) in [7, 11) is 0. The smallest absolute Gasteiger partial charge is 0.327 e. The Hall–Kier alpha value is -3.31. The molecule has 1 aliphatic rings. The predicted octanol–water partition coefficient (Wildman–Crippen LogP) is 4.91. The van der Waals surface area contributed by atoms with Crippen molar-refractivity contribution < 1.29 is 9.90 Å². The van der Waals surface area contributed by atoms with Gasteiger partial charge in [-0.2, -0.15) is 0 Å². The molecule has 0 saturated heterocycles. The lowest BCUT2D eigenvalue weighted by Crippen LogP contribution is -2.29. The average Bonchev–Trinajstić information content (AvgIpc) is 3.24. The zero-order valence-corrected chi connectivity index (χ0v) is 17.6. The molecule has 0 unspecified atom stereocenters. The molecule has 1 aromatic heterocycles. The van der Waals surface area contributed by atoms with E-state index in [0.717, 1.165) is 27.3 Å². The number of benzene rings is 3. The van der Waals surface area contributed by atoms with Crippen molar-refractivity contribution in [3.63, 3.8) is 0 Å². The molecule has 3 aromatic carbocycles. The number of carboxylic acids is 1. The SMILES string of the molecule is O=C(O)[C@@H]1CSc2c(Cc3ccccc3)c(Cc3cccc4ccccc34)cc(=O)n21. The Balaban J connectivity index is 1.67. The zero-order valence-electron chi connectivity index (χ0n) is 16.8. The predicted molar refractivity (Wildman–Crippen MR) is 124 cm³/mol. The molecule has 4 aromatic rings. The number of carbonyl (C=O) groups is 1. The Labute approximate surface area is 184 Å². The van der Waals surface area contributed by atoms with Crippen LogP contribution in [0, 0.1) is 0 Å². The van der Waals surface area contributed by atoms with E-state index in [2.05, 4.69) is 36.4 Å². The minimum atomic E-state index is -0.958. The van der Waals surface area contributed by atoms with Crippen LogP contribution in [-0.4, -0.2) is 21.4 Å². The lowest BCUT2D eigenvalue weighted by molar-refractivity contribution is -0.140. The second-order valence-electron chi connectivity index (χ2n) is 7.80. The molecule has 0 radical (unpaired) electrons. The molecule has 0 amide bonds. The van der Waals surface area contributed by atoms with Gasteiger partial charge in [-0.1, -0.05) is 72.8 Å². The van der Waals surface area contributed by atoms with Gasteiger partial charge < -0.3 is 5.11 Å². The fourth-order valence-electron chi connectivity index (χ4n) is 4.35. The van der Waals surface area contributed by atoms with Gasteiger partial charge in [-0.25, -0.2) is 4.79 Å². The second-order valence-corrected chi connectivity index (χ2v) is 8.81. The molecule has 2 heterocycles. The number of pyridine rings is 1. The van der Waals surface area contributed by atoms with Gasteiger partial charge in [0, 0.05) is 18.2 Å². The Kier molecular flexibility index (Phi) is 5.12. The van der Waals surface area contributed by atoms with E-state index in [0.29, 0.717) is 18.6 Å². The van der Waals surface area contributed by atoms with Gasteiger partial charge in [0.2, 0.25) is 0 Å². The summed E-state index contributed by atoms with van der Waals surface area (Å²) in [5.74, 6) is -0.579. The molecule has 31 heavy (non-hydrogen) atoms. The standard InChI is InChI=1S/C26H21NO3S/c28-24-15-20(14-19-11-6-10-18-9-4-5-12-21(18)19)22(13-17-7-2-1-3-8-17)25-27(24)23(16-31-25)26(29)30/h1-12,15,23H,13-14,16H2,(H,29,30)/t23-/m0/s1. The topological polar surface area (TPSA) is 59.3 Å². The van der Waals surface area contributed by atoms with E-state index in [1.54, 1.807) is 6.07 Å². The number of nitrogens with zero attached hydrogens (tertiary/aromatic N) is 1. The molecule has 1 aliphatic heterocycles. The van der Waals surface area contributed by atoms with Crippen molar-refractivity contribution in [3.8, 4) is 0 Å². The second kappa shape index (κ2) is 8.08. The van der Waals surface area contributed by atoms with E-state index >= 15 is 0 Å². The van der Waals surface area contributed by atoms with Gasteiger partial charge in [0.15, 0.2) is 0 Å². The van der Waals surface area contributed by atoms with E-state index in [1.165, 1.54) is 27.1 Å². The maximum Gasteiger partial charge on any atom is 0.327 e. The largest absolute Gasteiger partial charge is 0.480 e. The number of aliphatic carboxylic acids is 1. The van der Waals surface area contributed by atoms with Crippen LogP contribution >= 0.6 is 11.8 Å². The van der Waals surface area contributed by atoms with Gasteiger partial charge in [-0.3, -0.25) is 9.36 Å². The molecule has 0 spiro atoms. The molecule has 1 atom stereocenters. The van der Waals surface area contributed by atoms with E-state index in [1.807, 2.05) is 36.4 Å². The lowest BCUT2D eigenvalue weighted by atomic mass is 9.94. The molecule has 4 nitrogen and oxygen atoms in total. The lowest BCUT2D eigenvalue weighted by Gasteiger charge is -2.17. The summed E-state index contributed by atoms with van der Waals surface area (Å²) >= 11 is 1.47. The van der Waals surface area contributed by atoms with Gasteiger partial charge in [0.05, 0.1) is 5.03 Å². The van der Waals surface area contributed by atoms with Crippen LogP contribution in [-0.2, 0) is 17.6 Å². The third-order valence-electron chi connectivity index (χ3n) is 5.86. The summed E-state index contributed by atoms with van der Waals surface area (Å²) in [6, 6.07) is 25.5. The van der Waals surface area contributed by atoms with E-state index in [4.69, 9.17) is 0 Å². The first kappa shape index (κ1) is 19.6. The van der Waals surface area contributed by atoms with Gasteiger partial charge in [0.25, 0.3) is 5.56 Å². The Morgan fingerprint density at radius 1 is 0.935 bits per heavy atom. The summed E-state index contributed by atoms with van der Waals surface area (Å²) < 4.78 is 1.47. The van der Waals surface area contributed by atoms with Gasteiger partial charge >= 0.3 is 5.97 Å². The number of hydrogen-bond acceptors (Lipinski definition) is 3. The van der Waals surface area contributed by atoms with Gasteiger partial charge in [0.1, 0.15) is 6.04 Å². The van der Waals surface area contributed by atoms with Crippen LogP contribution in [0.3, 0.4) is 0 Å². The molecule has 5 heteroatoms. The fourth-order valence-corrected chi connectivity index (χ4v) is 5.69. The maximum absolute atomic E-state index is 13.0. The summed E-state index contributed by atoms with van der Waals surface area (Å²) in [5, 5.41) is 12.7. The molecule has 154 valence electrons. The zero-order chi connectivity index (χ0) is 21.4. The van der Waals surface area contributed by atoms with Gasteiger partial charge in [-0.05, 0) is 39.4 Å². The number of carboxylic acid groups (broad SMARTS) is 1. The first-order valence-electron chi connectivity index (χ1n) is 10.3. The number of aromatic nitrogens is 1. The summed E-state index contributed by atoms with van der Waals surface area (Å²) in [5.41, 5.74) is 4.08. The fraction of sp³-hybridized carbons (Fsp3) is 0.154. The quantitative estimate of drug-likeness (QED) is 0.491. The molecule has 1 N–H and O–H groups in total. The summed E-state index contributed by atoms with van der Waals surface area (Å²) in [6.45, 7) is 0. The Morgan fingerprint density at radius 3 is 2.48 bits per heavy atom. The van der Waals surface area contributed by atoms with Crippen molar-refractivity contribution in [2.75, 3.05) is 5.75 Å². The highest BCUT2D eigenvalue weighted by molar-refractivity contribution is 7.99. The van der Waals surface area contributed by atoms with Crippen molar-refractivity contribution in [1.29, 1.82) is 0 Å². The van der Waals surface area contributed by atoms with Crippen LogP contribution in [0.25, 0.3) is 10.8 Å². The van der Waals surface area contributed by atoms with Crippen molar-refractivity contribution in [1.82, 2.24) is 4.57 Å². The number of thioether (sulfide) groups is 1. The first-order valence-corrected chi connectivity index (χ1v) is 11.2. The Morgan fingerprint density at radius 2 is 1.68 bits per heavy atom. The Bertz CT molecular complexity index is 1340. The van der Waals surface area contributed by atoms with Crippen molar-refractivity contribution in [2.24, 2.45) is 0 Å². The molecule has 0 saturated carbocycles. The van der Waals surface area contributed by atoms with Gasteiger partial charge in [-0.15, -0.1) is 11.8 Å². The summed E-state index contributed by atoms with van der Waals surface area (Å²) in [6.07, 6.45) is 1.29. The van der Waals surface area contributed by atoms with Crippen LogP contribution in [0.5, 0.6) is 0 Å². The normalized spacial score (nSPS) is 15.2. The molecular formula is C26H21NO3S. The highest BCUT2D eigenvalue weighted by Gasteiger charge is 2.32. The molecular weight excluding hydrogens is 406 g/mol. The van der Waals surface area contributed by atoms with Crippen molar-refractivity contribution in [3.05, 3.63) is 111 Å². The number of hydrogen-bond donors (Lipinski definition) is 1. The maximum atomic E-state index is 13.0. The van der Waals surface area contributed by atoms with Crippen molar-refractivity contribution in [2.45, 2.75) is 23.9 Å². The third kappa shape index (κ3) is 3.66. The highest BCUT2D eigenvalue weighted by Crippen LogP contribution is 2.37. The average molecular weight is 428 g/mol. The highest BCUT2D eigenvalue weighted by atomic mass is 32.2. The van der Waals surface area contributed by atoms with E-state index in [-0.39, 0.29) is 5.56 Å². The minimum Gasteiger partial charge on any atom is -0.480 e. The number of rotatable bonds is 5. The number of fused-ring (bicyclic) bond motifs is 2. The minimum absolute atomic E-state index is 0.237. The molecule has 0 aliphatic carbocycles. The van der Waals surface area contributed by atoms with Crippen LogP contribution in [0.4, 0.5) is 0 Å². The molecule has 5 rings (SSSR count). The van der Waals surface area contributed by atoms with Crippen molar-refractivity contribution >= 4 is 28.5 Å². The van der Waals surface area contributed by atoms with Crippen LogP contribution in [0.1, 0.15) is 28.3 Å². The molecule has 0 fully saturated rings.